The molecule has 2 aromatic heterocycles. The monoisotopic (exact) mass is 388 g/mol. The first-order valence-corrected chi connectivity index (χ1v) is 9.83. The highest BCUT2D eigenvalue weighted by atomic mass is 32.2. The zero-order valence-electron chi connectivity index (χ0n) is 14.7. The summed E-state index contributed by atoms with van der Waals surface area (Å²) in [6, 6.07) is 7.60. The van der Waals surface area contributed by atoms with Gasteiger partial charge in [-0.25, -0.2) is 4.98 Å². The third kappa shape index (κ3) is 4.29. The predicted octanol–water partition coefficient (Wildman–Crippen LogP) is 3.40. The lowest BCUT2D eigenvalue weighted by Gasteiger charge is -2.12. The van der Waals surface area contributed by atoms with E-state index in [-0.39, 0.29) is 17.2 Å². The van der Waals surface area contributed by atoms with Crippen LogP contribution in [0.25, 0.3) is 0 Å². The number of nitrogens with one attached hydrogen (secondary N) is 1. The van der Waals surface area contributed by atoms with Crippen molar-refractivity contribution in [3.63, 3.8) is 0 Å². The summed E-state index contributed by atoms with van der Waals surface area (Å²) in [5.41, 5.74) is 8.00. The molecule has 3 N–H and O–H groups in total. The Balaban J connectivity index is 1.70. The SMILES string of the molecule is CC(N)c1nc(C(=O)Nc2cccc(C(C)Sc3nncn3C)c2)cs1. The van der Waals surface area contributed by atoms with Crippen LogP contribution in [0.4, 0.5) is 5.69 Å². The molecule has 2 heterocycles. The van der Waals surface area contributed by atoms with Crippen LogP contribution in [0.2, 0.25) is 0 Å². The van der Waals surface area contributed by atoms with Gasteiger partial charge in [0.05, 0.1) is 6.04 Å². The molecule has 0 spiro atoms. The molecular formula is C17H20N6OS2. The molecule has 1 aromatic carbocycles. The number of rotatable bonds is 6. The molecule has 0 fully saturated rings. The molecule has 0 saturated carbocycles. The van der Waals surface area contributed by atoms with E-state index in [0.717, 1.165) is 21.4 Å². The Morgan fingerprint density at radius 2 is 2.19 bits per heavy atom. The number of carbonyl (C=O) groups excluding carboxylic acids is 1. The lowest BCUT2D eigenvalue weighted by Crippen LogP contribution is -2.13. The molecule has 1 amide bonds. The summed E-state index contributed by atoms with van der Waals surface area (Å²) in [5.74, 6) is -0.237. The average Bonchev–Trinajstić information content (AvgIpc) is 3.25. The standard InChI is InChI=1S/C17H20N6OS2/c1-10(18)16-21-14(8-25-16)15(24)20-13-6-4-5-12(7-13)11(2)26-17-22-19-9-23(17)3/h4-11H,18H2,1-3H3,(H,20,24). The van der Waals surface area contributed by atoms with Crippen molar-refractivity contribution in [3.05, 3.63) is 52.2 Å². The van der Waals surface area contributed by atoms with Crippen LogP contribution < -0.4 is 11.1 Å². The van der Waals surface area contributed by atoms with Gasteiger partial charge in [0.25, 0.3) is 5.91 Å². The fourth-order valence-corrected chi connectivity index (χ4v) is 3.94. The van der Waals surface area contributed by atoms with Crippen molar-refractivity contribution in [3.8, 4) is 0 Å². The van der Waals surface area contributed by atoms with Gasteiger partial charge in [-0.3, -0.25) is 4.79 Å². The third-order valence-electron chi connectivity index (χ3n) is 3.71. The zero-order chi connectivity index (χ0) is 18.7. The highest BCUT2D eigenvalue weighted by Crippen LogP contribution is 2.34. The molecule has 9 heteroatoms. The van der Waals surface area contributed by atoms with Crippen molar-refractivity contribution in [1.82, 2.24) is 19.7 Å². The second kappa shape index (κ2) is 7.98. The second-order valence-corrected chi connectivity index (χ2v) is 8.12. The van der Waals surface area contributed by atoms with E-state index in [1.165, 1.54) is 11.3 Å². The van der Waals surface area contributed by atoms with Gasteiger partial charge < -0.3 is 15.6 Å². The number of benzene rings is 1. The number of aryl methyl sites for hydroxylation is 1. The maximum absolute atomic E-state index is 12.4. The molecule has 0 aliphatic rings. The lowest BCUT2D eigenvalue weighted by molar-refractivity contribution is 0.102. The van der Waals surface area contributed by atoms with Gasteiger partial charge in [0, 0.05) is 23.4 Å². The molecule has 0 aliphatic carbocycles. The second-order valence-electron chi connectivity index (χ2n) is 5.92. The Hall–Kier alpha value is -2.23. The van der Waals surface area contributed by atoms with E-state index in [1.807, 2.05) is 42.8 Å². The summed E-state index contributed by atoms with van der Waals surface area (Å²) in [7, 11) is 1.91. The van der Waals surface area contributed by atoms with E-state index < -0.39 is 0 Å². The van der Waals surface area contributed by atoms with Crippen LogP contribution in [0.3, 0.4) is 0 Å². The van der Waals surface area contributed by atoms with Crippen LogP contribution >= 0.6 is 23.1 Å². The number of nitrogens with zero attached hydrogens (tertiary/aromatic N) is 4. The number of thioether (sulfide) groups is 1. The van der Waals surface area contributed by atoms with Gasteiger partial charge in [-0.2, -0.15) is 0 Å². The Morgan fingerprint density at radius 1 is 1.38 bits per heavy atom. The highest BCUT2D eigenvalue weighted by Gasteiger charge is 2.15. The molecule has 3 aromatic rings. The highest BCUT2D eigenvalue weighted by molar-refractivity contribution is 7.99. The Bertz CT molecular complexity index is 904. The summed E-state index contributed by atoms with van der Waals surface area (Å²) in [5, 5.41) is 14.4. The van der Waals surface area contributed by atoms with Crippen molar-refractivity contribution in [1.29, 1.82) is 0 Å². The summed E-state index contributed by atoms with van der Waals surface area (Å²) in [6.07, 6.45) is 1.68. The summed E-state index contributed by atoms with van der Waals surface area (Å²) in [6.45, 7) is 3.94. The van der Waals surface area contributed by atoms with Crippen molar-refractivity contribution >= 4 is 34.7 Å². The van der Waals surface area contributed by atoms with Crippen molar-refractivity contribution in [2.45, 2.75) is 30.3 Å². The first kappa shape index (κ1) is 18.6. The van der Waals surface area contributed by atoms with Crippen LogP contribution in [0.1, 0.15) is 46.2 Å². The topological polar surface area (TPSA) is 98.7 Å². The minimum atomic E-state index is -0.237. The maximum Gasteiger partial charge on any atom is 0.275 e. The van der Waals surface area contributed by atoms with Gasteiger partial charge in [-0.1, -0.05) is 23.9 Å². The Labute approximate surface area is 160 Å². The molecule has 0 saturated heterocycles. The fraction of sp³-hybridized carbons (Fsp3) is 0.294. The van der Waals surface area contributed by atoms with Gasteiger partial charge in [0.2, 0.25) is 0 Å². The first-order chi connectivity index (χ1) is 12.4. The largest absolute Gasteiger partial charge is 0.322 e. The summed E-state index contributed by atoms with van der Waals surface area (Å²) in [4.78, 5) is 16.7. The molecular weight excluding hydrogens is 368 g/mol. The van der Waals surface area contributed by atoms with Crippen molar-refractivity contribution < 1.29 is 4.79 Å². The van der Waals surface area contributed by atoms with Crippen LogP contribution in [-0.2, 0) is 7.05 Å². The van der Waals surface area contributed by atoms with E-state index in [4.69, 9.17) is 5.73 Å². The Morgan fingerprint density at radius 3 is 2.85 bits per heavy atom. The summed E-state index contributed by atoms with van der Waals surface area (Å²) >= 11 is 3.01. The Kier molecular flexibility index (Phi) is 5.70. The zero-order valence-corrected chi connectivity index (χ0v) is 16.3. The fourth-order valence-electron chi connectivity index (χ4n) is 2.27. The number of hydrogen-bond donors (Lipinski definition) is 2. The first-order valence-electron chi connectivity index (χ1n) is 8.07. The molecule has 3 rings (SSSR count). The van der Waals surface area contributed by atoms with E-state index in [1.54, 1.807) is 23.5 Å². The number of amides is 1. The number of carbonyl (C=O) groups is 1. The number of thiazole rings is 1. The van der Waals surface area contributed by atoms with Crippen LogP contribution in [-0.4, -0.2) is 25.7 Å². The van der Waals surface area contributed by atoms with Crippen LogP contribution in [0, 0.1) is 0 Å². The van der Waals surface area contributed by atoms with Gasteiger partial charge in [0.1, 0.15) is 17.0 Å². The van der Waals surface area contributed by atoms with E-state index >= 15 is 0 Å². The van der Waals surface area contributed by atoms with Crippen LogP contribution in [0.15, 0.2) is 41.1 Å². The number of hydrogen-bond acceptors (Lipinski definition) is 7. The molecule has 2 atom stereocenters. The number of anilines is 1. The van der Waals surface area contributed by atoms with Gasteiger partial charge >= 0.3 is 0 Å². The minimum Gasteiger partial charge on any atom is -0.322 e. The third-order valence-corrected chi connectivity index (χ3v) is 5.96. The molecule has 0 aliphatic heterocycles. The average molecular weight is 389 g/mol. The van der Waals surface area contributed by atoms with Crippen molar-refractivity contribution in [2.75, 3.05) is 5.32 Å². The molecule has 26 heavy (non-hydrogen) atoms. The quantitative estimate of drug-likeness (QED) is 0.628. The molecule has 2 unspecified atom stereocenters. The molecule has 0 radical (unpaired) electrons. The number of nitrogens with two attached hydrogens (primary N) is 1. The number of aromatic nitrogens is 4. The van der Waals surface area contributed by atoms with E-state index in [0.29, 0.717) is 5.69 Å². The normalized spacial score (nSPS) is 13.4. The van der Waals surface area contributed by atoms with Gasteiger partial charge in [-0.05, 0) is 31.5 Å². The van der Waals surface area contributed by atoms with E-state index in [2.05, 4.69) is 27.4 Å². The molecule has 7 nitrogen and oxygen atoms in total. The maximum atomic E-state index is 12.4. The van der Waals surface area contributed by atoms with Crippen molar-refractivity contribution in [2.24, 2.45) is 12.8 Å². The minimum absolute atomic E-state index is 0.165. The van der Waals surface area contributed by atoms with Gasteiger partial charge in [-0.15, -0.1) is 21.5 Å². The smallest absolute Gasteiger partial charge is 0.275 e. The molecule has 136 valence electrons. The predicted molar refractivity (Wildman–Crippen MR) is 104 cm³/mol. The van der Waals surface area contributed by atoms with E-state index in [9.17, 15) is 4.79 Å². The lowest BCUT2D eigenvalue weighted by atomic mass is 10.1. The van der Waals surface area contributed by atoms with Crippen LogP contribution in [0.5, 0.6) is 0 Å². The molecule has 0 bridgehead atoms. The van der Waals surface area contributed by atoms with Gasteiger partial charge in [0.15, 0.2) is 5.16 Å². The summed E-state index contributed by atoms with van der Waals surface area (Å²) < 4.78 is 1.88.